The minimum atomic E-state index is -4.46. The molecule has 1 saturated heterocycles. The fourth-order valence-electron chi connectivity index (χ4n) is 2.65. The van der Waals surface area contributed by atoms with Gasteiger partial charge in [0.15, 0.2) is 0 Å². The summed E-state index contributed by atoms with van der Waals surface area (Å²) in [4.78, 5) is 36.2. The molecular formula is C17H19F3N2O4. The third-order valence-corrected chi connectivity index (χ3v) is 4.22. The monoisotopic (exact) mass is 372 g/mol. The number of hydrogen-bond acceptors (Lipinski definition) is 3. The molecule has 26 heavy (non-hydrogen) atoms. The Morgan fingerprint density at radius 2 is 2.08 bits per heavy atom. The molecule has 2 atom stereocenters. The van der Waals surface area contributed by atoms with Crippen molar-refractivity contribution in [2.75, 3.05) is 13.1 Å². The van der Waals surface area contributed by atoms with Crippen molar-refractivity contribution in [1.29, 1.82) is 0 Å². The summed E-state index contributed by atoms with van der Waals surface area (Å²) in [6, 6.07) is 4.70. The lowest BCUT2D eigenvalue weighted by atomic mass is 10.1. The number of carboxylic acids is 1. The van der Waals surface area contributed by atoms with Crippen molar-refractivity contribution in [2.24, 2.45) is 11.8 Å². The lowest BCUT2D eigenvalue weighted by Crippen LogP contribution is -2.36. The fourth-order valence-corrected chi connectivity index (χ4v) is 2.65. The van der Waals surface area contributed by atoms with Crippen LogP contribution in [0.4, 0.5) is 13.2 Å². The number of carbonyl (C=O) groups is 3. The van der Waals surface area contributed by atoms with E-state index in [0.29, 0.717) is 5.56 Å². The summed E-state index contributed by atoms with van der Waals surface area (Å²) >= 11 is 0. The molecule has 0 aromatic heterocycles. The van der Waals surface area contributed by atoms with Gasteiger partial charge >= 0.3 is 12.1 Å². The van der Waals surface area contributed by atoms with Gasteiger partial charge in [0.1, 0.15) is 0 Å². The summed E-state index contributed by atoms with van der Waals surface area (Å²) < 4.78 is 38.3. The van der Waals surface area contributed by atoms with Gasteiger partial charge in [-0.15, -0.1) is 0 Å². The van der Waals surface area contributed by atoms with Crippen molar-refractivity contribution in [1.82, 2.24) is 10.2 Å². The summed E-state index contributed by atoms with van der Waals surface area (Å²) in [5.74, 6) is -3.20. The Labute approximate surface area is 148 Å². The zero-order chi connectivity index (χ0) is 19.5. The highest BCUT2D eigenvalue weighted by Gasteiger charge is 2.35. The first kappa shape index (κ1) is 19.7. The Kier molecular flexibility index (Phi) is 5.89. The quantitative estimate of drug-likeness (QED) is 0.799. The van der Waals surface area contributed by atoms with Gasteiger partial charge in [0.05, 0.1) is 17.4 Å². The second kappa shape index (κ2) is 7.76. The molecule has 0 bridgehead atoms. The van der Waals surface area contributed by atoms with E-state index < -0.39 is 35.5 Å². The van der Waals surface area contributed by atoms with E-state index in [1.807, 2.05) is 0 Å². The smallest absolute Gasteiger partial charge is 0.416 e. The van der Waals surface area contributed by atoms with Crippen LogP contribution in [0.5, 0.6) is 0 Å². The highest BCUT2D eigenvalue weighted by molar-refractivity contribution is 5.89. The average Bonchev–Trinajstić information content (AvgIpc) is 2.92. The number of rotatable bonds is 6. The van der Waals surface area contributed by atoms with Gasteiger partial charge in [-0.2, -0.15) is 13.2 Å². The SMILES string of the molecule is CC(CNC(=O)C1CC(=O)N(Cc2cccc(C(F)(F)F)c2)C1)C(=O)O. The largest absolute Gasteiger partial charge is 0.481 e. The lowest BCUT2D eigenvalue weighted by Gasteiger charge is -2.18. The molecule has 0 spiro atoms. The molecule has 1 heterocycles. The Morgan fingerprint density at radius 3 is 2.69 bits per heavy atom. The van der Waals surface area contributed by atoms with Crippen LogP contribution >= 0.6 is 0 Å². The average molecular weight is 372 g/mol. The van der Waals surface area contributed by atoms with Crippen LogP contribution in [0, 0.1) is 11.8 Å². The Hall–Kier alpha value is -2.58. The maximum Gasteiger partial charge on any atom is 0.416 e. The zero-order valence-corrected chi connectivity index (χ0v) is 14.0. The molecule has 9 heteroatoms. The molecule has 0 aliphatic carbocycles. The number of likely N-dealkylation sites (tertiary alicyclic amines) is 1. The first-order valence-electron chi connectivity index (χ1n) is 8.02. The normalized spacial score (nSPS) is 18.7. The fraction of sp³-hybridized carbons (Fsp3) is 0.471. The topological polar surface area (TPSA) is 86.7 Å². The Balaban J connectivity index is 1.95. The number of hydrogen-bond donors (Lipinski definition) is 2. The summed E-state index contributed by atoms with van der Waals surface area (Å²) in [5, 5.41) is 11.3. The number of carboxylic acid groups (broad SMARTS) is 1. The van der Waals surface area contributed by atoms with Crippen molar-refractivity contribution in [3.05, 3.63) is 35.4 Å². The van der Waals surface area contributed by atoms with Gasteiger partial charge in [-0.1, -0.05) is 19.1 Å². The van der Waals surface area contributed by atoms with E-state index in [-0.39, 0.29) is 32.0 Å². The van der Waals surface area contributed by atoms with Crippen LogP contribution in [0.15, 0.2) is 24.3 Å². The van der Waals surface area contributed by atoms with Crippen molar-refractivity contribution in [3.8, 4) is 0 Å². The van der Waals surface area contributed by atoms with Crippen LogP contribution < -0.4 is 5.32 Å². The zero-order valence-electron chi connectivity index (χ0n) is 14.0. The summed E-state index contributed by atoms with van der Waals surface area (Å²) in [7, 11) is 0. The third kappa shape index (κ3) is 4.96. The predicted octanol–water partition coefficient (Wildman–Crippen LogP) is 1.89. The number of aliphatic carboxylic acids is 1. The van der Waals surface area contributed by atoms with E-state index in [1.54, 1.807) is 0 Å². The highest BCUT2D eigenvalue weighted by Crippen LogP contribution is 2.30. The summed E-state index contributed by atoms with van der Waals surface area (Å²) in [5.41, 5.74) is -0.465. The van der Waals surface area contributed by atoms with Crippen LogP contribution in [0.2, 0.25) is 0 Å². The number of halogens is 3. The molecule has 2 rings (SSSR count). The second-order valence-corrected chi connectivity index (χ2v) is 6.36. The standard InChI is InChI=1S/C17H19F3N2O4/c1-10(16(25)26)7-21-15(24)12-6-14(23)22(9-12)8-11-3-2-4-13(5-11)17(18,19)20/h2-5,10,12H,6-9H2,1H3,(H,21,24)(H,25,26). The van der Waals surface area contributed by atoms with Gasteiger partial charge < -0.3 is 15.3 Å². The molecule has 0 radical (unpaired) electrons. The van der Waals surface area contributed by atoms with Crippen LogP contribution in [0.3, 0.4) is 0 Å². The summed E-state index contributed by atoms with van der Waals surface area (Å²) in [6.45, 7) is 1.47. The molecule has 2 unspecified atom stereocenters. The molecule has 1 aromatic rings. The van der Waals surface area contributed by atoms with Crippen molar-refractivity contribution in [3.63, 3.8) is 0 Å². The molecule has 142 valence electrons. The van der Waals surface area contributed by atoms with Crippen molar-refractivity contribution >= 4 is 17.8 Å². The molecule has 1 aliphatic rings. The number of amides is 2. The van der Waals surface area contributed by atoms with E-state index in [4.69, 9.17) is 5.11 Å². The number of alkyl halides is 3. The van der Waals surface area contributed by atoms with Gasteiger partial charge in [-0.25, -0.2) is 0 Å². The molecule has 1 aliphatic heterocycles. The van der Waals surface area contributed by atoms with Gasteiger partial charge in [0.25, 0.3) is 0 Å². The van der Waals surface area contributed by atoms with E-state index in [0.717, 1.165) is 12.1 Å². The molecular weight excluding hydrogens is 353 g/mol. The van der Waals surface area contributed by atoms with Crippen LogP contribution in [-0.4, -0.2) is 40.9 Å². The molecule has 6 nitrogen and oxygen atoms in total. The number of nitrogens with zero attached hydrogens (tertiary/aromatic N) is 1. The number of carbonyl (C=O) groups excluding carboxylic acids is 2. The van der Waals surface area contributed by atoms with Crippen LogP contribution in [-0.2, 0) is 27.1 Å². The van der Waals surface area contributed by atoms with E-state index in [9.17, 15) is 27.6 Å². The molecule has 2 N–H and O–H groups in total. The minimum absolute atomic E-state index is 0.0158. The van der Waals surface area contributed by atoms with Crippen molar-refractivity contribution in [2.45, 2.75) is 26.1 Å². The first-order chi connectivity index (χ1) is 12.1. The van der Waals surface area contributed by atoms with Gasteiger partial charge in [0.2, 0.25) is 11.8 Å². The molecule has 1 aromatic carbocycles. The maximum absolute atomic E-state index is 12.8. The molecule has 1 fully saturated rings. The third-order valence-electron chi connectivity index (χ3n) is 4.22. The molecule has 0 saturated carbocycles. The minimum Gasteiger partial charge on any atom is -0.481 e. The van der Waals surface area contributed by atoms with E-state index >= 15 is 0 Å². The highest BCUT2D eigenvalue weighted by atomic mass is 19.4. The Morgan fingerprint density at radius 1 is 1.38 bits per heavy atom. The summed E-state index contributed by atoms with van der Waals surface area (Å²) in [6.07, 6.45) is -4.51. The van der Waals surface area contributed by atoms with Crippen molar-refractivity contribution < 1.29 is 32.7 Å². The maximum atomic E-state index is 12.8. The first-order valence-corrected chi connectivity index (χ1v) is 8.02. The van der Waals surface area contributed by atoms with Crippen LogP contribution in [0.25, 0.3) is 0 Å². The predicted molar refractivity (Wildman–Crippen MR) is 84.8 cm³/mol. The molecule has 2 amide bonds. The van der Waals surface area contributed by atoms with E-state index in [1.165, 1.54) is 24.0 Å². The van der Waals surface area contributed by atoms with Gasteiger partial charge in [-0.05, 0) is 17.7 Å². The van der Waals surface area contributed by atoms with Crippen LogP contribution in [0.1, 0.15) is 24.5 Å². The van der Waals surface area contributed by atoms with Gasteiger partial charge in [0, 0.05) is 26.1 Å². The number of benzene rings is 1. The van der Waals surface area contributed by atoms with Gasteiger partial charge in [-0.3, -0.25) is 14.4 Å². The number of nitrogens with one attached hydrogen (secondary N) is 1. The second-order valence-electron chi connectivity index (χ2n) is 6.36. The van der Waals surface area contributed by atoms with E-state index in [2.05, 4.69) is 5.32 Å². The lowest BCUT2D eigenvalue weighted by molar-refractivity contribution is -0.141. The Bertz CT molecular complexity index is 705.